The van der Waals surface area contributed by atoms with Crippen LogP contribution in [0.15, 0.2) is 48.6 Å². The molecule has 35 heavy (non-hydrogen) atoms. The Hall–Kier alpha value is -2.16. The van der Waals surface area contributed by atoms with Crippen LogP contribution in [0.4, 0.5) is 8.78 Å². The van der Waals surface area contributed by atoms with Gasteiger partial charge in [-0.15, -0.1) is 0 Å². The Bertz CT molecular complexity index is 948. The van der Waals surface area contributed by atoms with Crippen LogP contribution < -0.4 is 4.74 Å². The Labute approximate surface area is 211 Å². The quantitative estimate of drug-likeness (QED) is 0.325. The van der Waals surface area contributed by atoms with Crippen molar-refractivity contribution in [3.05, 3.63) is 65.7 Å². The minimum Gasteiger partial charge on any atom is -0.491 e. The van der Waals surface area contributed by atoms with Crippen LogP contribution >= 0.6 is 0 Å². The smallest absolute Gasteiger partial charge is 0.201 e. The lowest BCUT2D eigenvalue weighted by Crippen LogP contribution is -2.25. The molecule has 2 aliphatic carbocycles. The van der Waals surface area contributed by atoms with E-state index in [2.05, 4.69) is 19.1 Å². The van der Waals surface area contributed by atoms with Crippen molar-refractivity contribution in [3.63, 3.8) is 0 Å². The van der Waals surface area contributed by atoms with Crippen molar-refractivity contribution in [2.75, 3.05) is 6.61 Å². The van der Waals surface area contributed by atoms with Crippen LogP contribution in [-0.2, 0) is 6.42 Å². The van der Waals surface area contributed by atoms with E-state index in [1.54, 1.807) is 13.0 Å². The van der Waals surface area contributed by atoms with Crippen LogP contribution in [0.2, 0.25) is 0 Å². The molecule has 0 unspecified atom stereocenters. The second kappa shape index (κ2) is 12.7. The minimum absolute atomic E-state index is 0.0373. The zero-order valence-electron chi connectivity index (χ0n) is 21.6. The zero-order valence-corrected chi connectivity index (χ0v) is 21.6. The molecule has 2 saturated carbocycles. The van der Waals surface area contributed by atoms with E-state index in [1.807, 2.05) is 24.3 Å². The highest BCUT2D eigenvalue weighted by Crippen LogP contribution is 2.42. The summed E-state index contributed by atoms with van der Waals surface area (Å²) < 4.78 is 33.8. The van der Waals surface area contributed by atoms with Crippen LogP contribution in [0.25, 0.3) is 11.1 Å². The Morgan fingerprint density at radius 1 is 0.800 bits per heavy atom. The van der Waals surface area contributed by atoms with Crippen LogP contribution in [0.1, 0.15) is 83.6 Å². The molecule has 0 radical (unpaired) electrons. The van der Waals surface area contributed by atoms with Gasteiger partial charge in [0.1, 0.15) is 0 Å². The fraction of sp³-hybridized carbons (Fsp3) is 0.562. The van der Waals surface area contributed by atoms with Crippen molar-refractivity contribution in [1.82, 2.24) is 0 Å². The highest BCUT2D eigenvalue weighted by Gasteiger charge is 2.29. The molecule has 0 saturated heterocycles. The molecule has 4 rings (SSSR count). The van der Waals surface area contributed by atoms with Crippen LogP contribution in [0, 0.1) is 35.3 Å². The van der Waals surface area contributed by atoms with E-state index >= 15 is 0 Å². The highest BCUT2D eigenvalue weighted by molar-refractivity contribution is 5.65. The zero-order chi connectivity index (χ0) is 24.6. The van der Waals surface area contributed by atoms with E-state index in [4.69, 9.17) is 4.74 Å². The van der Waals surface area contributed by atoms with E-state index in [-0.39, 0.29) is 11.3 Å². The number of ether oxygens (including phenoxy) is 1. The second-order valence-corrected chi connectivity index (χ2v) is 10.7. The van der Waals surface area contributed by atoms with Gasteiger partial charge in [0, 0.05) is 5.56 Å². The lowest BCUT2D eigenvalue weighted by molar-refractivity contribution is 0.154. The summed E-state index contributed by atoms with van der Waals surface area (Å²) in [6.45, 7) is 4.41. The summed E-state index contributed by atoms with van der Waals surface area (Å²) in [6.07, 6.45) is 19.6. The SMILES string of the molecule is CCOc1ccc(-c2ccc(CC/C=C/C3CCC(C4CCC(CC)CC4)CC3)cc2)c(F)c1F. The summed E-state index contributed by atoms with van der Waals surface area (Å²) >= 11 is 0. The molecule has 0 heterocycles. The number of hydrogen-bond acceptors (Lipinski definition) is 1. The molecule has 0 bridgehead atoms. The van der Waals surface area contributed by atoms with Gasteiger partial charge in [0.05, 0.1) is 6.61 Å². The van der Waals surface area contributed by atoms with Gasteiger partial charge in [-0.1, -0.05) is 62.6 Å². The Morgan fingerprint density at radius 2 is 1.46 bits per heavy atom. The molecule has 190 valence electrons. The number of halogens is 2. The summed E-state index contributed by atoms with van der Waals surface area (Å²) in [5, 5.41) is 0. The van der Waals surface area contributed by atoms with Crippen molar-refractivity contribution < 1.29 is 13.5 Å². The molecule has 0 amide bonds. The highest BCUT2D eigenvalue weighted by atomic mass is 19.2. The molecule has 0 N–H and O–H groups in total. The van der Waals surface area contributed by atoms with Gasteiger partial charge in [0.25, 0.3) is 0 Å². The number of aryl methyl sites for hydroxylation is 1. The standard InChI is InChI=1S/C32H42F2O/c1-3-23-9-15-26(16-10-23)27-17-11-24(12-18-27)7-5-6-8-25-13-19-28(20-14-25)29-21-22-30(35-4-2)32(34)31(29)33/h5,7,13-14,19-24,26-27H,3-4,6,8-12,15-18H2,1-2H3/b7-5+. The Morgan fingerprint density at radius 3 is 2.09 bits per heavy atom. The van der Waals surface area contributed by atoms with E-state index in [0.717, 1.165) is 36.5 Å². The van der Waals surface area contributed by atoms with E-state index < -0.39 is 11.6 Å². The average Bonchev–Trinajstić information content (AvgIpc) is 2.90. The van der Waals surface area contributed by atoms with Crippen molar-refractivity contribution in [2.24, 2.45) is 23.7 Å². The molecule has 3 heteroatoms. The predicted octanol–water partition coefficient (Wildman–Crippen LogP) is 9.54. The first-order valence-electron chi connectivity index (χ1n) is 14.0. The van der Waals surface area contributed by atoms with Gasteiger partial charge in [-0.05, 0) is 105 Å². The third kappa shape index (κ3) is 6.74. The largest absolute Gasteiger partial charge is 0.491 e. The normalized spacial score (nSPS) is 25.1. The molecule has 0 spiro atoms. The first kappa shape index (κ1) is 25.9. The summed E-state index contributed by atoms with van der Waals surface area (Å²) in [6, 6.07) is 10.9. The molecule has 0 atom stereocenters. The number of hydrogen-bond donors (Lipinski definition) is 0. The fourth-order valence-corrected chi connectivity index (χ4v) is 6.29. The molecular weight excluding hydrogens is 438 g/mol. The van der Waals surface area contributed by atoms with Gasteiger partial charge in [-0.25, -0.2) is 4.39 Å². The van der Waals surface area contributed by atoms with Gasteiger partial charge in [0.15, 0.2) is 11.6 Å². The fourth-order valence-electron chi connectivity index (χ4n) is 6.29. The molecule has 2 aliphatic rings. The summed E-state index contributed by atoms with van der Waals surface area (Å²) in [5.74, 6) is 1.91. The Balaban J connectivity index is 1.21. The van der Waals surface area contributed by atoms with Gasteiger partial charge >= 0.3 is 0 Å². The maximum absolute atomic E-state index is 14.5. The number of benzene rings is 2. The first-order chi connectivity index (χ1) is 17.1. The topological polar surface area (TPSA) is 9.23 Å². The van der Waals surface area contributed by atoms with Gasteiger partial charge in [-0.3, -0.25) is 0 Å². The number of allylic oxidation sites excluding steroid dienone is 2. The monoisotopic (exact) mass is 480 g/mol. The van der Waals surface area contributed by atoms with Crippen LogP contribution in [0.3, 0.4) is 0 Å². The third-order valence-corrected chi connectivity index (χ3v) is 8.57. The molecule has 2 fully saturated rings. The second-order valence-electron chi connectivity index (χ2n) is 10.7. The van der Waals surface area contributed by atoms with Crippen molar-refractivity contribution >= 4 is 0 Å². The molecule has 0 aliphatic heterocycles. The number of rotatable bonds is 9. The molecule has 2 aromatic rings. The van der Waals surface area contributed by atoms with Gasteiger partial charge in [-0.2, -0.15) is 4.39 Å². The van der Waals surface area contributed by atoms with Gasteiger partial charge < -0.3 is 4.74 Å². The first-order valence-corrected chi connectivity index (χ1v) is 14.0. The summed E-state index contributed by atoms with van der Waals surface area (Å²) in [4.78, 5) is 0. The van der Waals surface area contributed by atoms with Crippen molar-refractivity contribution in [2.45, 2.75) is 84.5 Å². The van der Waals surface area contributed by atoms with Crippen LogP contribution in [-0.4, -0.2) is 6.61 Å². The van der Waals surface area contributed by atoms with E-state index in [1.165, 1.54) is 69.4 Å². The van der Waals surface area contributed by atoms with Crippen molar-refractivity contribution in [1.29, 1.82) is 0 Å². The molecule has 1 nitrogen and oxygen atoms in total. The summed E-state index contributed by atoms with van der Waals surface area (Å²) in [5.41, 5.74) is 2.17. The molecular formula is C32H42F2O. The lowest BCUT2D eigenvalue weighted by atomic mass is 9.69. The molecule has 2 aromatic carbocycles. The van der Waals surface area contributed by atoms with E-state index in [0.29, 0.717) is 12.2 Å². The third-order valence-electron chi connectivity index (χ3n) is 8.57. The lowest BCUT2D eigenvalue weighted by Gasteiger charge is -2.37. The maximum Gasteiger partial charge on any atom is 0.201 e. The van der Waals surface area contributed by atoms with Crippen LogP contribution in [0.5, 0.6) is 5.75 Å². The predicted molar refractivity (Wildman–Crippen MR) is 142 cm³/mol. The summed E-state index contributed by atoms with van der Waals surface area (Å²) in [7, 11) is 0. The molecule has 0 aromatic heterocycles. The van der Waals surface area contributed by atoms with E-state index in [9.17, 15) is 8.78 Å². The van der Waals surface area contributed by atoms with Gasteiger partial charge in [0.2, 0.25) is 5.82 Å². The minimum atomic E-state index is -0.920. The average molecular weight is 481 g/mol. The maximum atomic E-state index is 14.5. The van der Waals surface area contributed by atoms with Crippen molar-refractivity contribution in [3.8, 4) is 16.9 Å². The Kier molecular flexibility index (Phi) is 9.40.